The van der Waals surface area contributed by atoms with Gasteiger partial charge in [0, 0.05) is 5.56 Å². The predicted molar refractivity (Wildman–Crippen MR) is 124 cm³/mol. The molecule has 0 amide bonds. The number of rotatable bonds is 5. The summed E-state index contributed by atoms with van der Waals surface area (Å²) < 4.78 is 0. The van der Waals surface area contributed by atoms with Crippen molar-refractivity contribution in [2.24, 2.45) is 0 Å². The zero-order chi connectivity index (χ0) is 20.4. The van der Waals surface area contributed by atoms with Crippen molar-refractivity contribution in [1.82, 2.24) is 5.43 Å². The molecule has 3 aromatic carbocycles. The molecule has 3 aromatic rings. The molecule has 1 aliphatic heterocycles. The van der Waals surface area contributed by atoms with Crippen LogP contribution in [-0.2, 0) is 0 Å². The Morgan fingerprint density at radius 3 is 2.00 bits per heavy atom. The van der Waals surface area contributed by atoms with Crippen LogP contribution in [0.15, 0.2) is 84.9 Å². The summed E-state index contributed by atoms with van der Waals surface area (Å²) in [6, 6.07) is 28.2. The molecule has 0 spiro atoms. The molecule has 1 heterocycles. The van der Waals surface area contributed by atoms with Gasteiger partial charge in [-0.1, -0.05) is 94.4 Å². The minimum Gasteiger partial charge on any atom is -0.297 e. The van der Waals surface area contributed by atoms with E-state index in [1.165, 1.54) is 33.6 Å². The Morgan fingerprint density at radius 2 is 1.38 bits per heavy atom. The molecular formula is C27H30N2. The number of nitrogens with one attached hydrogen (secondary N) is 1. The molecule has 0 aromatic heterocycles. The number of nitrogens with zero attached hydrogens (tertiary/aromatic N) is 1. The van der Waals surface area contributed by atoms with Gasteiger partial charge in [0.2, 0.25) is 0 Å². The van der Waals surface area contributed by atoms with Crippen LogP contribution in [-0.4, -0.2) is 0 Å². The number of hydrogen-bond acceptors (Lipinski definition) is 2. The summed E-state index contributed by atoms with van der Waals surface area (Å²) in [6.45, 7) is 9.16. The lowest BCUT2D eigenvalue weighted by Crippen LogP contribution is -2.34. The highest BCUT2D eigenvalue weighted by atomic mass is 15.5. The minimum absolute atomic E-state index is 0.149. The van der Waals surface area contributed by atoms with Gasteiger partial charge in [0.1, 0.15) is 0 Å². The highest BCUT2D eigenvalue weighted by Gasteiger charge is 2.29. The average molecular weight is 383 g/mol. The summed E-state index contributed by atoms with van der Waals surface area (Å²) in [4.78, 5) is 0. The van der Waals surface area contributed by atoms with Gasteiger partial charge in [-0.3, -0.25) is 10.4 Å². The lowest BCUT2D eigenvalue weighted by Gasteiger charge is -2.28. The van der Waals surface area contributed by atoms with Gasteiger partial charge in [-0.2, -0.15) is 0 Å². The van der Waals surface area contributed by atoms with Gasteiger partial charge in [0.15, 0.2) is 0 Å². The number of para-hydroxylation sites is 1. The molecule has 29 heavy (non-hydrogen) atoms. The van der Waals surface area contributed by atoms with Gasteiger partial charge in [0.25, 0.3) is 0 Å². The summed E-state index contributed by atoms with van der Waals surface area (Å²) in [5.41, 5.74) is 11.6. The molecule has 1 unspecified atom stereocenters. The highest BCUT2D eigenvalue weighted by Crippen LogP contribution is 2.38. The van der Waals surface area contributed by atoms with Crippen LogP contribution in [0.3, 0.4) is 0 Å². The zero-order valence-corrected chi connectivity index (χ0v) is 17.8. The molecule has 0 saturated carbocycles. The van der Waals surface area contributed by atoms with Gasteiger partial charge < -0.3 is 0 Å². The highest BCUT2D eigenvalue weighted by molar-refractivity contribution is 5.75. The summed E-state index contributed by atoms with van der Waals surface area (Å²) in [5, 5.41) is 2.27. The van der Waals surface area contributed by atoms with E-state index in [1.54, 1.807) is 0 Å². The van der Waals surface area contributed by atoms with Crippen LogP contribution in [0, 0.1) is 0 Å². The Hall–Kier alpha value is -3.00. The van der Waals surface area contributed by atoms with Crippen LogP contribution in [0.5, 0.6) is 0 Å². The van der Waals surface area contributed by atoms with E-state index in [0.717, 1.165) is 0 Å². The molecule has 0 bridgehead atoms. The summed E-state index contributed by atoms with van der Waals surface area (Å²) in [7, 11) is 0. The zero-order valence-electron chi connectivity index (χ0n) is 17.8. The minimum atomic E-state index is 0.149. The van der Waals surface area contributed by atoms with Gasteiger partial charge in [0.05, 0.1) is 17.4 Å². The molecule has 1 atom stereocenters. The molecule has 2 heteroatoms. The third-order valence-electron chi connectivity index (χ3n) is 5.65. The summed E-state index contributed by atoms with van der Waals surface area (Å²) >= 11 is 0. The standard InChI is InChI=1S/C27H30N2/c1-19(2)23-16-11-17-24(27(23)20(3)4)25-18-26(21-12-7-5-8-13-21)29(28-25)22-14-9-6-10-15-22/h5-20,26,28H,1-4H3. The lowest BCUT2D eigenvalue weighted by atomic mass is 9.86. The van der Waals surface area contributed by atoms with Gasteiger partial charge in [-0.15, -0.1) is 0 Å². The van der Waals surface area contributed by atoms with E-state index in [0.29, 0.717) is 11.8 Å². The fourth-order valence-electron chi connectivity index (χ4n) is 4.29. The maximum atomic E-state index is 3.73. The molecule has 4 rings (SSSR count). The number of hydrazine groups is 1. The van der Waals surface area contributed by atoms with E-state index < -0.39 is 0 Å². The fourth-order valence-corrected chi connectivity index (χ4v) is 4.29. The normalized spacial score (nSPS) is 16.3. The molecule has 1 aliphatic rings. The number of hydrogen-bond donors (Lipinski definition) is 1. The molecule has 0 saturated heterocycles. The van der Waals surface area contributed by atoms with E-state index in [4.69, 9.17) is 0 Å². The first-order valence-corrected chi connectivity index (χ1v) is 10.6. The van der Waals surface area contributed by atoms with Crippen LogP contribution in [0.4, 0.5) is 5.69 Å². The SMILES string of the molecule is CC(C)c1cccc(C2=CC(c3ccccc3)N(c3ccccc3)N2)c1C(C)C. The van der Waals surface area contributed by atoms with Gasteiger partial charge >= 0.3 is 0 Å². The van der Waals surface area contributed by atoms with Gasteiger partial charge in [-0.25, -0.2) is 0 Å². The first-order chi connectivity index (χ1) is 14.1. The molecular weight excluding hydrogens is 352 g/mol. The Morgan fingerprint density at radius 1 is 0.724 bits per heavy atom. The van der Waals surface area contributed by atoms with Gasteiger partial charge in [-0.05, 0) is 46.7 Å². The van der Waals surface area contributed by atoms with Crippen LogP contribution in [0.1, 0.15) is 67.8 Å². The Kier molecular flexibility index (Phi) is 5.44. The van der Waals surface area contributed by atoms with Crippen molar-refractivity contribution in [3.63, 3.8) is 0 Å². The van der Waals surface area contributed by atoms with Crippen molar-refractivity contribution in [2.45, 2.75) is 45.6 Å². The summed E-state index contributed by atoms with van der Waals surface area (Å²) in [6.07, 6.45) is 2.37. The smallest absolute Gasteiger partial charge is 0.0958 e. The van der Waals surface area contributed by atoms with Crippen LogP contribution >= 0.6 is 0 Å². The molecule has 148 valence electrons. The number of anilines is 1. The molecule has 2 nitrogen and oxygen atoms in total. The predicted octanol–water partition coefficient (Wildman–Crippen LogP) is 7.04. The second-order valence-corrected chi connectivity index (χ2v) is 8.37. The Bertz CT molecular complexity index is 988. The monoisotopic (exact) mass is 382 g/mol. The molecule has 0 radical (unpaired) electrons. The van der Waals surface area contributed by atoms with Crippen molar-refractivity contribution in [3.05, 3.63) is 107 Å². The fraction of sp³-hybridized carbons (Fsp3) is 0.259. The molecule has 0 fully saturated rings. The first-order valence-electron chi connectivity index (χ1n) is 10.6. The third kappa shape index (κ3) is 3.80. The second-order valence-electron chi connectivity index (χ2n) is 8.37. The Labute approximate surface area is 174 Å². The maximum Gasteiger partial charge on any atom is 0.0958 e. The second kappa shape index (κ2) is 8.16. The van der Waals surface area contributed by atoms with Crippen LogP contribution < -0.4 is 10.4 Å². The quantitative estimate of drug-likeness (QED) is 0.509. The van der Waals surface area contributed by atoms with E-state index in [1.807, 2.05) is 0 Å². The van der Waals surface area contributed by atoms with Crippen molar-refractivity contribution >= 4 is 11.4 Å². The van der Waals surface area contributed by atoms with Crippen molar-refractivity contribution < 1.29 is 0 Å². The van der Waals surface area contributed by atoms with E-state index in [9.17, 15) is 0 Å². The van der Waals surface area contributed by atoms with E-state index >= 15 is 0 Å². The largest absolute Gasteiger partial charge is 0.297 e. The van der Waals surface area contributed by atoms with Crippen LogP contribution in [0.2, 0.25) is 0 Å². The first kappa shape index (κ1) is 19.3. The lowest BCUT2D eigenvalue weighted by molar-refractivity contribution is 0.722. The van der Waals surface area contributed by atoms with Crippen molar-refractivity contribution in [1.29, 1.82) is 0 Å². The van der Waals surface area contributed by atoms with E-state index in [2.05, 4.69) is 123 Å². The van der Waals surface area contributed by atoms with E-state index in [-0.39, 0.29) is 6.04 Å². The number of benzene rings is 3. The maximum absolute atomic E-state index is 3.73. The molecule has 1 N–H and O–H groups in total. The van der Waals surface area contributed by atoms with Crippen LogP contribution in [0.25, 0.3) is 5.70 Å². The summed E-state index contributed by atoms with van der Waals surface area (Å²) in [5.74, 6) is 0.969. The third-order valence-corrected chi connectivity index (χ3v) is 5.65. The van der Waals surface area contributed by atoms with Crippen molar-refractivity contribution in [2.75, 3.05) is 5.01 Å². The molecule has 0 aliphatic carbocycles. The average Bonchev–Trinajstić information content (AvgIpc) is 3.19. The Balaban J connectivity index is 1.82. The van der Waals surface area contributed by atoms with Crippen molar-refractivity contribution in [3.8, 4) is 0 Å². The topological polar surface area (TPSA) is 15.3 Å².